The molecule has 0 spiro atoms. The van der Waals surface area contributed by atoms with E-state index < -0.39 is 11.9 Å². The number of hydrogen-bond donors (Lipinski definition) is 2. The second kappa shape index (κ2) is 6.12. The Morgan fingerprint density at radius 1 is 0.957 bits per heavy atom. The van der Waals surface area contributed by atoms with E-state index in [9.17, 15) is 9.59 Å². The number of benzene rings is 2. The minimum atomic E-state index is -0.969. The molecule has 0 amide bonds. The van der Waals surface area contributed by atoms with Crippen LogP contribution < -0.4 is 4.90 Å². The summed E-state index contributed by atoms with van der Waals surface area (Å²) in [7, 11) is 0. The normalized spacial score (nSPS) is 11.7. The molecule has 0 saturated heterocycles. The lowest BCUT2D eigenvalue weighted by molar-refractivity contribution is -0.138. The van der Waals surface area contributed by atoms with Gasteiger partial charge < -0.3 is 15.1 Å². The SMILES string of the molecule is O=C(O)CCN(CC(=O)O)c1cccc2c1Cc1ccccc1-2. The topological polar surface area (TPSA) is 77.8 Å². The lowest BCUT2D eigenvalue weighted by atomic mass is 10.0. The molecule has 2 aromatic rings. The first-order chi connectivity index (χ1) is 11.1. The monoisotopic (exact) mass is 311 g/mol. The molecule has 23 heavy (non-hydrogen) atoms. The average molecular weight is 311 g/mol. The number of aliphatic carboxylic acids is 2. The van der Waals surface area contributed by atoms with Crippen LogP contribution in [0.2, 0.25) is 0 Å². The standard InChI is InChI=1S/C18H17NO4/c20-17(21)8-9-19(11-18(22)23)16-7-3-6-14-13-5-2-1-4-12(13)10-15(14)16/h1-7H,8-11H2,(H,20,21)(H,22,23). The van der Waals surface area contributed by atoms with Crippen molar-refractivity contribution in [2.45, 2.75) is 12.8 Å². The van der Waals surface area contributed by atoms with E-state index in [1.165, 1.54) is 5.56 Å². The molecule has 2 N–H and O–H groups in total. The molecule has 0 atom stereocenters. The van der Waals surface area contributed by atoms with Gasteiger partial charge in [-0.25, -0.2) is 0 Å². The van der Waals surface area contributed by atoms with Gasteiger partial charge in [0.2, 0.25) is 0 Å². The smallest absolute Gasteiger partial charge is 0.323 e. The molecule has 0 heterocycles. The Hall–Kier alpha value is -2.82. The molecule has 0 radical (unpaired) electrons. The number of carbonyl (C=O) groups is 2. The van der Waals surface area contributed by atoms with E-state index in [4.69, 9.17) is 10.2 Å². The van der Waals surface area contributed by atoms with Gasteiger partial charge in [-0.2, -0.15) is 0 Å². The summed E-state index contributed by atoms with van der Waals surface area (Å²) in [6.45, 7) is -0.0332. The molecule has 2 aromatic carbocycles. The van der Waals surface area contributed by atoms with E-state index in [-0.39, 0.29) is 19.5 Å². The van der Waals surface area contributed by atoms with Crippen LogP contribution in [0.25, 0.3) is 11.1 Å². The maximum Gasteiger partial charge on any atom is 0.323 e. The van der Waals surface area contributed by atoms with Crippen LogP contribution in [-0.2, 0) is 16.0 Å². The summed E-state index contributed by atoms with van der Waals surface area (Å²) in [5, 5.41) is 18.0. The van der Waals surface area contributed by atoms with Crippen molar-refractivity contribution in [2.75, 3.05) is 18.0 Å². The van der Waals surface area contributed by atoms with Crippen molar-refractivity contribution >= 4 is 17.6 Å². The van der Waals surface area contributed by atoms with E-state index in [2.05, 4.69) is 12.1 Å². The van der Waals surface area contributed by atoms with Crippen LogP contribution >= 0.6 is 0 Å². The Kier molecular flexibility index (Phi) is 4.02. The van der Waals surface area contributed by atoms with Gasteiger partial charge in [0, 0.05) is 18.7 Å². The molecule has 0 saturated carbocycles. The van der Waals surface area contributed by atoms with Gasteiger partial charge in [-0.1, -0.05) is 36.4 Å². The minimum absolute atomic E-state index is 0.0934. The van der Waals surface area contributed by atoms with Gasteiger partial charge in [-0.05, 0) is 28.3 Å². The summed E-state index contributed by atoms with van der Waals surface area (Å²) in [6.07, 6.45) is 0.648. The number of hydrogen-bond acceptors (Lipinski definition) is 3. The Balaban J connectivity index is 1.98. The van der Waals surface area contributed by atoms with Gasteiger partial charge >= 0.3 is 11.9 Å². The molecule has 5 heteroatoms. The predicted molar refractivity (Wildman–Crippen MR) is 86.8 cm³/mol. The van der Waals surface area contributed by atoms with Gasteiger partial charge in [0.05, 0.1) is 6.42 Å². The highest BCUT2D eigenvalue weighted by molar-refractivity contribution is 5.84. The largest absolute Gasteiger partial charge is 0.481 e. The number of rotatable bonds is 6. The summed E-state index contributed by atoms with van der Waals surface area (Å²) in [5.74, 6) is -1.90. The molecule has 0 aromatic heterocycles. The van der Waals surface area contributed by atoms with E-state index >= 15 is 0 Å². The predicted octanol–water partition coefficient (Wildman–Crippen LogP) is 2.62. The maximum atomic E-state index is 11.2. The van der Waals surface area contributed by atoms with Crippen LogP contribution in [0.1, 0.15) is 17.5 Å². The van der Waals surface area contributed by atoms with Gasteiger partial charge in [-0.15, -0.1) is 0 Å². The number of anilines is 1. The molecule has 1 aliphatic carbocycles. The number of carboxylic acids is 2. The zero-order valence-electron chi connectivity index (χ0n) is 12.5. The molecule has 0 bridgehead atoms. The van der Waals surface area contributed by atoms with Crippen molar-refractivity contribution in [1.82, 2.24) is 0 Å². The highest BCUT2D eigenvalue weighted by atomic mass is 16.4. The molecule has 3 rings (SSSR count). The maximum absolute atomic E-state index is 11.2. The van der Waals surface area contributed by atoms with Gasteiger partial charge in [-0.3, -0.25) is 9.59 Å². The lowest BCUT2D eigenvalue weighted by Crippen LogP contribution is -2.32. The van der Waals surface area contributed by atoms with Crippen LogP contribution in [0, 0.1) is 0 Å². The summed E-state index contributed by atoms with van der Waals surface area (Å²) >= 11 is 0. The fourth-order valence-corrected chi connectivity index (χ4v) is 3.12. The zero-order valence-corrected chi connectivity index (χ0v) is 12.5. The van der Waals surface area contributed by atoms with Crippen molar-refractivity contribution in [1.29, 1.82) is 0 Å². The fraction of sp³-hybridized carbons (Fsp3) is 0.222. The molecule has 1 aliphatic rings. The van der Waals surface area contributed by atoms with Crippen LogP contribution in [-0.4, -0.2) is 35.2 Å². The van der Waals surface area contributed by atoms with E-state index in [1.807, 2.05) is 30.3 Å². The first kappa shape index (κ1) is 15.1. The molecular formula is C18H17NO4. The highest BCUT2D eigenvalue weighted by Gasteiger charge is 2.24. The van der Waals surface area contributed by atoms with Gasteiger partial charge in [0.1, 0.15) is 6.54 Å². The molecule has 0 unspecified atom stereocenters. The molecule has 0 aliphatic heterocycles. The molecular weight excluding hydrogens is 294 g/mol. The minimum Gasteiger partial charge on any atom is -0.481 e. The van der Waals surface area contributed by atoms with Crippen LogP contribution in [0.15, 0.2) is 42.5 Å². The second-order valence-corrected chi connectivity index (χ2v) is 5.60. The molecule has 0 fully saturated rings. The fourth-order valence-electron chi connectivity index (χ4n) is 3.12. The van der Waals surface area contributed by atoms with Crippen LogP contribution in [0.3, 0.4) is 0 Å². The van der Waals surface area contributed by atoms with Crippen molar-refractivity contribution in [2.24, 2.45) is 0 Å². The molecule has 5 nitrogen and oxygen atoms in total. The average Bonchev–Trinajstić information content (AvgIpc) is 2.89. The summed E-state index contributed by atoms with van der Waals surface area (Å²) in [6, 6.07) is 13.9. The Bertz CT molecular complexity index is 769. The van der Waals surface area contributed by atoms with Crippen molar-refractivity contribution < 1.29 is 19.8 Å². The summed E-state index contributed by atoms with van der Waals surface area (Å²) in [5.41, 5.74) is 5.35. The van der Waals surface area contributed by atoms with Crippen LogP contribution in [0.4, 0.5) is 5.69 Å². The van der Waals surface area contributed by atoms with Crippen molar-refractivity contribution in [3.63, 3.8) is 0 Å². The third kappa shape index (κ3) is 3.04. The Labute approximate surface area is 133 Å². The van der Waals surface area contributed by atoms with E-state index in [1.54, 1.807) is 4.90 Å². The van der Waals surface area contributed by atoms with Gasteiger partial charge in [0.15, 0.2) is 0 Å². The van der Waals surface area contributed by atoms with E-state index in [0.717, 1.165) is 28.8 Å². The zero-order chi connectivity index (χ0) is 16.4. The second-order valence-electron chi connectivity index (χ2n) is 5.60. The molecule has 118 valence electrons. The summed E-state index contributed by atoms with van der Waals surface area (Å²) < 4.78 is 0. The summed E-state index contributed by atoms with van der Waals surface area (Å²) in [4.78, 5) is 23.7. The lowest BCUT2D eigenvalue weighted by Gasteiger charge is -2.24. The number of carboxylic acid groups (broad SMARTS) is 2. The van der Waals surface area contributed by atoms with Crippen LogP contribution in [0.5, 0.6) is 0 Å². The van der Waals surface area contributed by atoms with E-state index in [0.29, 0.717) is 0 Å². The first-order valence-electron chi connectivity index (χ1n) is 7.45. The Morgan fingerprint density at radius 3 is 2.43 bits per heavy atom. The number of nitrogens with zero attached hydrogens (tertiary/aromatic N) is 1. The highest BCUT2D eigenvalue weighted by Crippen LogP contribution is 2.41. The first-order valence-corrected chi connectivity index (χ1v) is 7.45. The Morgan fingerprint density at radius 2 is 1.70 bits per heavy atom. The third-order valence-corrected chi connectivity index (χ3v) is 4.09. The van der Waals surface area contributed by atoms with Gasteiger partial charge in [0.25, 0.3) is 0 Å². The quantitative estimate of drug-likeness (QED) is 0.731. The van der Waals surface area contributed by atoms with Crippen molar-refractivity contribution in [3.8, 4) is 11.1 Å². The number of fused-ring (bicyclic) bond motifs is 3. The van der Waals surface area contributed by atoms with Crippen molar-refractivity contribution in [3.05, 3.63) is 53.6 Å². The third-order valence-electron chi connectivity index (χ3n) is 4.09.